The standard InChI is InChI=1S/C18H20FN3O3S/c1-24-16-8-9-17(21-20-16)25-14-3-2-10-22(11-14)18(23)12-26-15-6-4-13(19)5-7-15/h4-9,14H,2-3,10-12H2,1H3. The van der Waals surface area contributed by atoms with E-state index in [4.69, 9.17) is 9.47 Å². The molecule has 1 aromatic carbocycles. The Hall–Kier alpha value is -2.35. The van der Waals surface area contributed by atoms with Crippen LogP contribution in [0.15, 0.2) is 41.3 Å². The number of ether oxygens (including phenoxy) is 2. The normalized spacial score (nSPS) is 17.0. The van der Waals surface area contributed by atoms with Crippen LogP contribution in [-0.4, -0.2) is 53.1 Å². The number of benzene rings is 1. The minimum atomic E-state index is -0.279. The largest absolute Gasteiger partial charge is 0.480 e. The fraction of sp³-hybridized carbons (Fsp3) is 0.389. The number of methoxy groups -OCH3 is 1. The highest BCUT2D eigenvalue weighted by atomic mass is 32.2. The third kappa shape index (κ3) is 5.08. The predicted molar refractivity (Wildman–Crippen MR) is 95.9 cm³/mol. The molecule has 1 unspecified atom stereocenters. The molecule has 1 aromatic heterocycles. The zero-order valence-electron chi connectivity index (χ0n) is 14.4. The zero-order chi connectivity index (χ0) is 18.4. The predicted octanol–water partition coefficient (Wildman–Crippen LogP) is 2.79. The summed E-state index contributed by atoms with van der Waals surface area (Å²) in [5.74, 6) is 0.939. The van der Waals surface area contributed by atoms with E-state index in [0.717, 1.165) is 24.3 Å². The van der Waals surface area contributed by atoms with Crippen molar-refractivity contribution in [1.29, 1.82) is 0 Å². The van der Waals surface area contributed by atoms with E-state index in [9.17, 15) is 9.18 Å². The third-order valence-corrected chi connectivity index (χ3v) is 5.02. The molecule has 1 saturated heterocycles. The number of nitrogens with zero attached hydrogens (tertiary/aromatic N) is 3. The van der Waals surface area contributed by atoms with Gasteiger partial charge in [-0.25, -0.2) is 4.39 Å². The Balaban J connectivity index is 1.50. The van der Waals surface area contributed by atoms with Crippen molar-refractivity contribution in [3.05, 3.63) is 42.2 Å². The Labute approximate surface area is 155 Å². The van der Waals surface area contributed by atoms with Crippen molar-refractivity contribution in [3.8, 4) is 11.8 Å². The quantitative estimate of drug-likeness (QED) is 0.722. The summed E-state index contributed by atoms with van der Waals surface area (Å²) in [4.78, 5) is 15.1. The van der Waals surface area contributed by atoms with E-state index in [1.165, 1.54) is 31.0 Å². The molecule has 0 spiro atoms. The van der Waals surface area contributed by atoms with Crippen LogP contribution in [0.4, 0.5) is 4.39 Å². The SMILES string of the molecule is COc1ccc(OC2CCCN(C(=O)CSc3ccc(F)cc3)C2)nn1. The maximum absolute atomic E-state index is 12.9. The van der Waals surface area contributed by atoms with E-state index in [-0.39, 0.29) is 17.8 Å². The highest BCUT2D eigenvalue weighted by Gasteiger charge is 2.25. The molecule has 1 amide bonds. The van der Waals surface area contributed by atoms with Crippen LogP contribution in [0.2, 0.25) is 0 Å². The fourth-order valence-corrected chi connectivity index (χ4v) is 3.48. The van der Waals surface area contributed by atoms with Crippen LogP contribution in [0, 0.1) is 5.82 Å². The van der Waals surface area contributed by atoms with E-state index < -0.39 is 0 Å². The van der Waals surface area contributed by atoms with Gasteiger partial charge in [-0.15, -0.1) is 22.0 Å². The first-order valence-corrected chi connectivity index (χ1v) is 9.33. The summed E-state index contributed by atoms with van der Waals surface area (Å²) in [7, 11) is 1.53. The van der Waals surface area contributed by atoms with Gasteiger partial charge in [-0.2, -0.15) is 0 Å². The van der Waals surface area contributed by atoms with Crippen LogP contribution in [0.1, 0.15) is 12.8 Å². The lowest BCUT2D eigenvalue weighted by Crippen LogP contribution is -2.45. The van der Waals surface area contributed by atoms with Gasteiger partial charge in [0, 0.05) is 23.6 Å². The lowest BCUT2D eigenvalue weighted by atomic mass is 10.1. The molecule has 2 aromatic rings. The van der Waals surface area contributed by atoms with E-state index >= 15 is 0 Å². The number of piperidine rings is 1. The monoisotopic (exact) mass is 377 g/mol. The number of hydrogen-bond donors (Lipinski definition) is 0. The molecule has 0 bridgehead atoms. The molecule has 6 nitrogen and oxygen atoms in total. The molecule has 1 fully saturated rings. The maximum Gasteiger partial charge on any atom is 0.233 e. The van der Waals surface area contributed by atoms with Gasteiger partial charge in [-0.3, -0.25) is 4.79 Å². The van der Waals surface area contributed by atoms with Crippen molar-refractivity contribution in [2.75, 3.05) is 26.0 Å². The molecule has 2 heterocycles. The van der Waals surface area contributed by atoms with E-state index in [2.05, 4.69) is 10.2 Å². The zero-order valence-corrected chi connectivity index (χ0v) is 15.2. The smallest absolute Gasteiger partial charge is 0.233 e. The molecule has 0 aliphatic carbocycles. The summed E-state index contributed by atoms with van der Waals surface area (Å²) >= 11 is 1.41. The Bertz CT molecular complexity index is 727. The molecule has 1 atom stereocenters. The molecule has 8 heteroatoms. The van der Waals surface area contributed by atoms with Crippen LogP contribution in [0.5, 0.6) is 11.8 Å². The van der Waals surface area contributed by atoms with Gasteiger partial charge in [0.05, 0.1) is 19.4 Å². The number of hydrogen-bond acceptors (Lipinski definition) is 6. The van der Waals surface area contributed by atoms with Crippen molar-refractivity contribution < 1.29 is 18.7 Å². The van der Waals surface area contributed by atoms with Gasteiger partial charge in [-0.1, -0.05) is 0 Å². The Kier molecular flexibility index (Phi) is 6.27. The Morgan fingerprint density at radius 2 is 1.96 bits per heavy atom. The Morgan fingerprint density at radius 1 is 1.23 bits per heavy atom. The number of thioether (sulfide) groups is 1. The van der Waals surface area contributed by atoms with Crippen molar-refractivity contribution in [2.45, 2.75) is 23.8 Å². The van der Waals surface area contributed by atoms with Gasteiger partial charge in [-0.05, 0) is 37.1 Å². The third-order valence-electron chi connectivity index (χ3n) is 4.02. The number of likely N-dealkylation sites (tertiary alicyclic amines) is 1. The second-order valence-electron chi connectivity index (χ2n) is 5.88. The van der Waals surface area contributed by atoms with E-state index in [0.29, 0.717) is 24.1 Å². The molecule has 3 rings (SSSR count). The van der Waals surface area contributed by atoms with Crippen molar-refractivity contribution in [1.82, 2.24) is 15.1 Å². The van der Waals surface area contributed by atoms with Gasteiger partial charge in [0.1, 0.15) is 11.9 Å². The van der Waals surface area contributed by atoms with Crippen molar-refractivity contribution >= 4 is 17.7 Å². The van der Waals surface area contributed by atoms with Gasteiger partial charge < -0.3 is 14.4 Å². The van der Waals surface area contributed by atoms with Crippen molar-refractivity contribution in [2.24, 2.45) is 0 Å². The molecule has 0 saturated carbocycles. The first-order chi connectivity index (χ1) is 12.6. The van der Waals surface area contributed by atoms with Crippen LogP contribution in [0.25, 0.3) is 0 Å². The highest BCUT2D eigenvalue weighted by Crippen LogP contribution is 2.21. The van der Waals surface area contributed by atoms with E-state index in [1.54, 1.807) is 24.3 Å². The summed E-state index contributed by atoms with van der Waals surface area (Å²) in [5.41, 5.74) is 0. The van der Waals surface area contributed by atoms with E-state index in [1.807, 2.05) is 4.90 Å². The number of aromatic nitrogens is 2. The molecule has 1 aliphatic heterocycles. The van der Waals surface area contributed by atoms with Gasteiger partial charge in [0.2, 0.25) is 17.7 Å². The average molecular weight is 377 g/mol. The van der Waals surface area contributed by atoms with Crippen LogP contribution < -0.4 is 9.47 Å². The lowest BCUT2D eigenvalue weighted by molar-refractivity contribution is -0.130. The minimum absolute atomic E-state index is 0.0495. The summed E-state index contributed by atoms with van der Waals surface area (Å²) < 4.78 is 23.7. The molecule has 0 radical (unpaired) electrons. The number of halogens is 1. The van der Waals surface area contributed by atoms with Crippen LogP contribution in [-0.2, 0) is 4.79 Å². The average Bonchev–Trinajstić information content (AvgIpc) is 2.68. The molecule has 1 aliphatic rings. The maximum atomic E-state index is 12.9. The van der Waals surface area contributed by atoms with Gasteiger partial charge >= 0.3 is 0 Å². The summed E-state index contributed by atoms with van der Waals surface area (Å²) in [5, 5.41) is 7.84. The minimum Gasteiger partial charge on any atom is -0.480 e. The first-order valence-electron chi connectivity index (χ1n) is 8.34. The Morgan fingerprint density at radius 3 is 2.65 bits per heavy atom. The number of carbonyl (C=O) groups is 1. The lowest BCUT2D eigenvalue weighted by Gasteiger charge is -2.32. The summed E-state index contributed by atoms with van der Waals surface area (Å²) in [6, 6.07) is 9.54. The van der Waals surface area contributed by atoms with Gasteiger partial charge in [0.15, 0.2) is 0 Å². The molecular formula is C18H20FN3O3S. The van der Waals surface area contributed by atoms with Crippen LogP contribution >= 0.6 is 11.8 Å². The number of amides is 1. The summed E-state index contributed by atoms with van der Waals surface area (Å²) in [6.45, 7) is 1.24. The number of carbonyl (C=O) groups excluding carboxylic acids is 1. The highest BCUT2D eigenvalue weighted by molar-refractivity contribution is 8.00. The fourth-order valence-electron chi connectivity index (χ4n) is 2.68. The van der Waals surface area contributed by atoms with Crippen molar-refractivity contribution in [3.63, 3.8) is 0 Å². The topological polar surface area (TPSA) is 64.6 Å². The molecule has 0 N–H and O–H groups in total. The first kappa shape index (κ1) is 18.4. The molecular weight excluding hydrogens is 357 g/mol. The number of rotatable bonds is 6. The van der Waals surface area contributed by atoms with Crippen LogP contribution in [0.3, 0.4) is 0 Å². The second-order valence-corrected chi connectivity index (χ2v) is 6.93. The summed E-state index contributed by atoms with van der Waals surface area (Å²) in [6.07, 6.45) is 1.63. The molecule has 138 valence electrons. The van der Waals surface area contributed by atoms with Gasteiger partial charge in [0.25, 0.3) is 0 Å². The second kappa shape index (κ2) is 8.84. The molecule has 26 heavy (non-hydrogen) atoms.